The summed E-state index contributed by atoms with van der Waals surface area (Å²) >= 11 is 0. The van der Waals surface area contributed by atoms with Crippen LogP contribution in [0.5, 0.6) is 0 Å². The highest BCUT2D eigenvalue weighted by molar-refractivity contribution is 5.87. The van der Waals surface area contributed by atoms with Crippen LogP contribution < -0.4 is 11.1 Å². The number of benzene rings is 2. The highest BCUT2D eigenvalue weighted by atomic mass is 35.5. The lowest BCUT2D eigenvalue weighted by Crippen LogP contribution is -2.49. The topological polar surface area (TPSA) is 98.3 Å². The minimum Gasteiger partial charge on any atom is -0.348 e. The predicted molar refractivity (Wildman–Crippen MR) is 99.6 cm³/mol. The summed E-state index contributed by atoms with van der Waals surface area (Å²) in [6.45, 7) is 5.09. The summed E-state index contributed by atoms with van der Waals surface area (Å²) in [7, 11) is 0. The van der Waals surface area contributed by atoms with Crippen LogP contribution in [0, 0.1) is 17.0 Å². The molecule has 0 aliphatic rings. The van der Waals surface area contributed by atoms with E-state index in [-0.39, 0.29) is 24.0 Å². The van der Waals surface area contributed by atoms with Crippen molar-refractivity contribution < 1.29 is 9.72 Å². The first kappa shape index (κ1) is 20.6. The average molecular weight is 364 g/mol. The normalized spacial score (nSPS) is 13.9. The molecule has 0 spiro atoms. The van der Waals surface area contributed by atoms with Crippen LogP contribution in [0.15, 0.2) is 48.5 Å². The van der Waals surface area contributed by atoms with Crippen LogP contribution in [0.1, 0.15) is 36.6 Å². The summed E-state index contributed by atoms with van der Waals surface area (Å²) in [6.07, 6.45) is 0. The lowest BCUT2D eigenvalue weighted by molar-refractivity contribution is -0.385. The molecule has 6 nitrogen and oxygen atoms in total. The predicted octanol–water partition coefficient (Wildman–Crippen LogP) is 3.38. The molecule has 0 aromatic heterocycles. The number of nitrogens with one attached hydrogen (secondary N) is 1. The van der Waals surface area contributed by atoms with Gasteiger partial charge in [0.25, 0.3) is 5.69 Å². The van der Waals surface area contributed by atoms with Crippen molar-refractivity contribution in [3.63, 3.8) is 0 Å². The van der Waals surface area contributed by atoms with Crippen LogP contribution in [0.25, 0.3) is 0 Å². The van der Waals surface area contributed by atoms with Crippen molar-refractivity contribution in [3.8, 4) is 0 Å². The third kappa shape index (κ3) is 4.55. The van der Waals surface area contributed by atoms with Crippen molar-refractivity contribution in [2.45, 2.75) is 32.4 Å². The first-order valence-electron chi connectivity index (χ1n) is 7.63. The Morgan fingerprint density at radius 1 is 1.24 bits per heavy atom. The molecule has 1 amide bonds. The van der Waals surface area contributed by atoms with Crippen molar-refractivity contribution in [1.29, 1.82) is 0 Å². The van der Waals surface area contributed by atoms with Gasteiger partial charge in [-0.05, 0) is 31.9 Å². The van der Waals surface area contributed by atoms with Gasteiger partial charge in [0, 0.05) is 11.6 Å². The standard InChI is InChI=1S/C18H21N3O3.ClH/c1-12-9-10-14(11-16(12)21(23)24)13(2)20-17(22)18(3,19)15-7-5-4-6-8-15;/h4-11,13H,19H2,1-3H3,(H,20,22);1H. The molecule has 25 heavy (non-hydrogen) atoms. The lowest BCUT2D eigenvalue weighted by Gasteiger charge is -2.26. The minimum absolute atomic E-state index is 0. The Balaban J connectivity index is 0.00000312. The molecule has 0 radical (unpaired) electrons. The summed E-state index contributed by atoms with van der Waals surface area (Å²) < 4.78 is 0. The van der Waals surface area contributed by atoms with Gasteiger partial charge in [-0.1, -0.05) is 42.5 Å². The zero-order chi connectivity index (χ0) is 17.9. The van der Waals surface area contributed by atoms with Gasteiger partial charge in [-0.3, -0.25) is 14.9 Å². The molecule has 134 valence electrons. The Morgan fingerprint density at radius 2 is 1.84 bits per heavy atom. The number of carbonyl (C=O) groups is 1. The van der Waals surface area contributed by atoms with Gasteiger partial charge in [0.15, 0.2) is 0 Å². The van der Waals surface area contributed by atoms with E-state index in [0.29, 0.717) is 16.7 Å². The van der Waals surface area contributed by atoms with Crippen molar-refractivity contribution in [1.82, 2.24) is 5.32 Å². The second kappa shape index (κ2) is 8.09. The molecule has 0 fully saturated rings. The summed E-state index contributed by atoms with van der Waals surface area (Å²) in [4.78, 5) is 23.2. The monoisotopic (exact) mass is 363 g/mol. The van der Waals surface area contributed by atoms with E-state index in [9.17, 15) is 14.9 Å². The maximum Gasteiger partial charge on any atom is 0.272 e. The third-order valence-corrected chi connectivity index (χ3v) is 4.12. The number of nitrogens with two attached hydrogens (primary N) is 1. The van der Waals surface area contributed by atoms with Gasteiger partial charge in [0.1, 0.15) is 5.54 Å². The Morgan fingerprint density at radius 3 is 2.40 bits per heavy atom. The maximum absolute atomic E-state index is 12.6. The number of halogens is 1. The highest BCUT2D eigenvalue weighted by Crippen LogP contribution is 2.24. The number of aryl methyl sites for hydroxylation is 1. The van der Waals surface area contributed by atoms with Gasteiger partial charge in [0.05, 0.1) is 11.0 Å². The van der Waals surface area contributed by atoms with Crippen LogP contribution in [0.2, 0.25) is 0 Å². The SMILES string of the molecule is Cc1ccc(C(C)NC(=O)C(C)(N)c2ccccc2)cc1[N+](=O)[O-].Cl. The summed E-state index contributed by atoms with van der Waals surface area (Å²) in [6, 6.07) is 13.6. The number of carbonyl (C=O) groups excluding carboxylic acids is 1. The summed E-state index contributed by atoms with van der Waals surface area (Å²) in [5.74, 6) is -0.343. The second-order valence-electron chi connectivity index (χ2n) is 6.07. The fourth-order valence-electron chi connectivity index (χ4n) is 2.44. The zero-order valence-corrected chi connectivity index (χ0v) is 15.2. The third-order valence-electron chi connectivity index (χ3n) is 4.12. The number of nitro benzene ring substituents is 1. The first-order chi connectivity index (χ1) is 11.2. The molecule has 3 N–H and O–H groups in total. The van der Waals surface area contributed by atoms with Gasteiger partial charge in [-0.15, -0.1) is 12.4 Å². The van der Waals surface area contributed by atoms with E-state index >= 15 is 0 Å². The molecule has 2 rings (SSSR count). The van der Waals surface area contributed by atoms with Crippen molar-refractivity contribution in [3.05, 3.63) is 75.3 Å². The van der Waals surface area contributed by atoms with Gasteiger partial charge in [-0.25, -0.2) is 0 Å². The molecule has 2 unspecified atom stereocenters. The fourth-order valence-corrected chi connectivity index (χ4v) is 2.44. The van der Waals surface area contributed by atoms with E-state index in [0.717, 1.165) is 0 Å². The largest absolute Gasteiger partial charge is 0.348 e. The van der Waals surface area contributed by atoms with Gasteiger partial charge < -0.3 is 11.1 Å². The quantitative estimate of drug-likeness (QED) is 0.628. The van der Waals surface area contributed by atoms with E-state index in [4.69, 9.17) is 5.73 Å². The number of hydrogen-bond donors (Lipinski definition) is 2. The molecule has 0 bridgehead atoms. The molecule has 7 heteroatoms. The molecular formula is C18H22ClN3O3. The zero-order valence-electron chi connectivity index (χ0n) is 14.4. The molecule has 2 aromatic carbocycles. The van der Waals surface area contributed by atoms with Crippen LogP contribution in [0.4, 0.5) is 5.69 Å². The van der Waals surface area contributed by atoms with Gasteiger partial charge >= 0.3 is 0 Å². The fraction of sp³-hybridized carbons (Fsp3) is 0.278. The number of amides is 1. The number of nitro groups is 1. The van der Waals surface area contributed by atoms with Crippen LogP contribution >= 0.6 is 12.4 Å². The first-order valence-corrected chi connectivity index (χ1v) is 7.63. The maximum atomic E-state index is 12.6. The van der Waals surface area contributed by atoms with E-state index in [2.05, 4.69) is 5.32 Å². The molecule has 2 aromatic rings. The van der Waals surface area contributed by atoms with E-state index in [1.54, 1.807) is 45.0 Å². The van der Waals surface area contributed by atoms with Crippen molar-refractivity contribution >= 4 is 24.0 Å². The molecule has 0 heterocycles. The molecule has 0 aliphatic heterocycles. The van der Waals surface area contributed by atoms with Crippen molar-refractivity contribution in [2.75, 3.05) is 0 Å². The number of nitrogens with zero attached hydrogens (tertiary/aromatic N) is 1. The number of hydrogen-bond acceptors (Lipinski definition) is 4. The summed E-state index contributed by atoms with van der Waals surface area (Å²) in [5, 5.41) is 13.9. The Labute approximate surface area is 153 Å². The van der Waals surface area contributed by atoms with Gasteiger partial charge in [-0.2, -0.15) is 0 Å². The molecule has 0 saturated carbocycles. The second-order valence-corrected chi connectivity index (χ2v) is 6.07. The van der Waals surface area contributed by atoms with Gasteiger partial charge in [0.2, 0.25) is 5.91 Å². The van der Waals surface area contributed by atoms with E-state index < -0.39 is 16.5 Å². The van der Waals surface area contributed by atoms with Crippen LogP contribution in [-0.4, -0.2) is 10.8 Å². The summed E-state index contributed by atoms with van der Waals surface area (Å²) in [5.41, 5.74) is 6.97. The molecule has 0 aliphatic carbocycles. The van der Waals surface area contributed by atoms with Crippen molar-refractivity contribution in [2.24, 2.45) is 5.73 Å². The Kier molecular flexibility index (Phi) is 6.67. The molecule has 0 saturated heterocycles. The van der Waals surface area contributed by atoms with Crippen LogP contribution in [0.3, 0.4) is 0 Å². The Hall–Kier alpha value is -2.44. The lowest BCUT2D eigenvalue weighted by atomic mass is 9.91. The Bertz CT molecular complexity index is 763. The van der Waals surface area contributed by atoms with E-state index in [1.165, 1.54) is 6.07 Å². The smallest absolute Gasteiger partial charge is 0.272 e. The number of rotatable bonds is 5. The minimum atomic E-state index is -1.19. The van der Waals surface area contributed by atoms with E-state index in [1.807, 2.05) is 18.2 Å². The molecular weight excluding hydrogens is 342 g/mol. The highest BCUT2D eigenvalue weighted by Gasteiger charge is 2.31. The molecule has 2 atom stereocenters. The van der Waals surface area contributed by atoms with Crippen LogP contribution in [-0.2, 0) is 10.3 Å². The average Bonchev–Trinajstić information content (AvgIpc) is 2.55.